The quantitative estimate of drug-likeness (QED) is 0.850. The summed E-state index contributed by atoms with van der Waals surface area (Å²) in [6, 6.07) is 16.8. The maximum atomic E-state index is 13.3. The molecule has 0 saturated heterocycles. The van der Waals surface area contributed by atoms with E-state index in [0.717, 1.165) is 0 Å². The van der Waals surface area contributed by atoms with Crippen molar-refractivity contribution in [3.63, 3.8) is 0 Å². The van der Waals surface area contributed by atoms with Gasteiger partial charge in [0.05, 0.1) is 5.25 Å². The minimum absolute atomic E-state index is 0.0481. The van der Waals surface area contributed by atoms with E-state index in [1.54, 1.807) is 4.31 Å². The zero-order valence-electron chi connectivity index (χ0n) is 14.1. The Hall–Kier alpha value is -1.65. The molecule has 0 spiro atoms. The molecular weight excluding hydrogens is 318 g/mol. The highest BCUT2D eigenvalue weighted by Crippen LogP contribution is 2.54. The third kappa shape index (κ3) is 2.09. The SMILES string of the molecule is CCN(CC)S(=O)(=O)[C@@H]1CC2c3ccccc3C1c1ccccc12. The lowest BCUT2D eigenvalue weighted by atomic mass is 9.63. The highest BCUT2D eigenvalue weighted by molar-refractivity contribution is 7.89. The molecule has 4 heteroatoms. The summed E-state index contributed by atoms with van der Waals surface area (Å²) >= 11 is 0. The van der Waals surface area contributed by atoms with Crippen molar-refractivity contribution in [1.29, 1.82) is 0 Å². The van der Waals surface area contributed by atoms with Gasteiger partial charge >= 0.3 is 0 Å². The summed E-state index contributed by atoms with van der Waals surface area (Å²) in [5.41, 5.74) is 5.03. The molecule has 0 N–H and O–H groups in total. The van der Waals surface area contributed by atoms with E-state index in [1.807, 2.05) is 26.0 Å². The number of benzene rings is 2. The second-order valence-electron chi connectivity index (χ2n) is 6.69. The lowest BCUT2D eigenvalue weighted by Crippen LogP contribution is -2.47. The maximum Gasteiger partial charge on any atom is 0.217 e. The van der Waals surface area contributed by atoms with Crippen LogP contribution in [0.15, 0.2) is 48.5 Å². The normalized spacial score (nSPS) is 24.7. The summed E-state index contributed by atoms with van der Waals surface area (Å²) in [5.74, 6) is 0.144. The molecule has 2 bridgehead atoms. The van der Waals surface area contributed by atoms with Gasteiger partial charge in [-0.2, -0.15) is 0 Å². The minimum atomic E-state index is -3.31. The molecule has 2 aromatic carbocycles. The first-order chi connectivity index (χ1) is 11.6. The summed E-state index contributed by atoms with van der Waals surface area (Å²) in [6.07, 6.45) is 0.692. The number of hydrogen-bond donors (Lipinski definition) is 0. The molecular formula is C20H23NO2S. The van der Waals surface area contributed by atoms with Crippen molar-refractivity contribution in [2.45, 2.75) is 37.4 Å². The van der Waals surface area contributed by atoms with Crippen LogP contribution in [0.25, 0.3) is 0 Å². The van der Waals surface area contributed by atoms with Crippen molar-refractivity contribution in [3.05, 3.63) is 70.8 Å². The van der Waals surface area contributed by atoms with Crippen molar-refractivity contribution in [2.75, 3.05) is 13.1 Å². The predicted molar refractivity (Wildman–Crippen MR) is 96.8 cm³/mol. The third-order valence-corrected chi connectivity index (χ3v) is 8.17. The summed E-state index contributed by atoms with van der Waals surface area (Å²) < 4.78 is 28.2. The van der Waals surface area contributed by atoms with E-state index in [4.69, 9.17) is 0 Å². The summed E-state index contributed by atoms with van der Waals surface area (Å²) in [7, 11) is -3.31. The zero-order valence-corrected chi connectivity index (χ0v) is 15.0. The van der Waals surface area contributed by atoms with Gasteiger partial charge in [0.15, 0.2) is 0 Å². The van der Waals surface area contributed by atoms with Crippen molar-refractivity contribution in [1.82, 2.24) is 4.31 Å². The molecule has 5 rings (SSSR count). The summed E-state index contributed by atoms with van der Waals surface area (Å²) in [6.45, 7) is 4.92. The Morgan fingerprint density at radius 3 is 1.79 bits per heavy atom. The first-order valence-corrected chi connectivity index (χ1v) is 10.3. The molecule has 126 valence electrons. The molecule has 2 aromatic rings. The van der Waals surface area contributed by atoms with Crippen molar-refractivity contribution >= 4 is 10.0 Å². The van der Waals surface area contributed by atoms with Gasteiger partial charge in [-0.1, -0.05) is 62.4 Å². The van der Waals surface area contributed by atoms with Crippen LogP contribution in [0.4, 0.5) is 0 Å². The van der Waals surface area contributed by atoms with Crippen molar-refractivity contribution < 1.29 is 8.42 Å². The van der Waals surface area contributed by atoms with Crippen LogP contribution >= 0.6 is 0 Å². The zero-order chi connectivity index (χ0) is 16.9. The number of rotatable bonds is 4. The minimum Gasteiger partial charge on any atom is -0.212 e. The first-order valence-electron chi connectivity index (χ1n) is 8.76. The first kappa shape index (κ1) is 15.9. The number of hydrogen-bond acceptors (Lipinski definition) is 2. The Labute approximate surface area is 144 Å². The van der Waals surface area contributed by atoms with E-state index in [1.165, 1.54) is 22.3 Å². The van der Waals surface area contributed by atoms with Crippen LogP contribution in [-0.2, 0) is 10.0 Å². The van der Waals surface area contributed by atoms with E-state index in [2.05, 4.69) is 36.4 Å². The molecule has 3 nitrogen and oxygen atoms in total. The van der Waals surface area contributed by atoms with Crippen molar-refractivity contribution in [2.24, 2.45) is 0 Å². The van der Waals surface area contributed by atoms with Gasteiger partial charge in [0.2, 0.25) is 10.0 Å². The van der Waals surface area contributed by atoms with Crippen LogP contribution in [0.2, 0.25) is 0 Å². The van der Waals surface area contributed by atoms with Gasteiger partial charge in [0.25, 0.3) is 0 Å². The molecule has 3 aliphatic rings. The molecule has 0 radical (unpaired) electrons. The number of fused-ring (bicyclic) bond motifs is 1. The topological polar surface area (TPSA) is 37.4 Å². The van der Waals surface area contributed by atoms with Crippen LogP contribution in [-0.4, -0.2) is 31.1 Å². The van der Waals surface area contributed by atoms with Gasteiger partial charge in [-0.05, 0) is 28.7 Å². The monoisotopic (exact) mass is 341 g/mol. The molecule has 3 aliphatic carbocycles. The van der Waals surface area contributed by atoms with E-state index in [9.17, 15) is 8.42 Å². The fourth-order valence-corrected chi connectivity index (χ4v) is 6.82. The molecule has 0 heterocycles. The van der Waals surface area contributed by atoms with Gasteiger partial charge in [-0.3, -0.25) is 0 Å². The standard InChI is InChI=1S/C20H23NO2S/c1-3-21(4-2)24(22,23)19-13-18-14-9-5-7-11-16(14)20(19)17-12-8-6-10-15(17)18/h5-12,18-20H,3-4,13H2,1-2H3/t18?,19-,20?/m1/s1. The van der Waals surface area contributed by atoms with Gasteiger partial charge in [-0.25, -0.2) is 12.7 Å². The fourth-order valence-electron chi connectivity index (χ4n) is 4.65. The summed E-state index contributed by atoms with van der Waals surface area (Å²) in [4.78, 5) is 0. The number of sulfonamides is 1. The lowest BCUT2D eigenvalue weighted by molar-refractivity contribution is 0.410. The largest absolute Gasteiger partial charge is 0.217 e. The number of nitrogens with zero attached hydrogens (tertiary/aromatic N) is 1. The molecule has 24 heavy (non-hydrogen) atoms. The second-order valence-corrected chi connectivity index (χ2v) is 8.84. The van der Waals surface area contributed by atoms with Crippen LogP contribution in [0.1, 0.15) is 54.4 Å². The maximum absolute atomic E-state index is 13.3. The van der Waals surface area contributed by atoms with Crippen molar-refractivity contribution in [3.8, 4) is 0 Å². The average Bonchev–Trinajstić information content (AvgIpc) is 2.62. The van der Waals surface area contributed by atoms with E-state index in [0.29, 0.717) is 19.5 Å². The molecule has 0 saturated carbocycles. The van der Waals surface area contributed by atoms with Crippen LogP contribution < -0.4 is 0 Å². The summed E-state index contributed by atoms with van der Waals surface area (Å²) in [5, 5.41) is -0.354. The second kappa shape index (κ2) is 5.71. The molecule has 0 amide bonds. The van der Waals surface area contributed by atoms with E-state index >= 15 is 0 Å². The fraction of sp³-hybridized carbons (Fsp3) is 0.400. The molecule has 0 unspecified atom stereocenters. The smallest absolute Gasteiger partial charge is 0.212 e. The Bertz CT molecular complexity index is 823. The van der Waals surface area contributed by atoms with Gasteiger partial charge in [-0.15, -0.1) is 0 Å². The van der Waals surface area contributed by atoms with Crippen LogP contribution in [0.5, 0.6) is 0 Å². The molecule has 1 atom stereocenters. The Morgan fingerprint density at radius 1 is 0.875 bits per heavy atom. The lowest BCUT2D eigenvalue weighted by Gasteiger charge is -2.46. The molecule has 0 aromatic heterocycles. The Kier molecular flexibility index (Phi) is 3.77. The van der Waals surface area contributed by atoms with Crippen LogP contribution in [0.3, 0.4) is 0 Å². The highest BCUT2D eigenvalue weighted by Gasteiger charge is 2.49. The Balaban J connectivity index is 1.91. The third-order valence-electron chi connectivity index (χ3n) is 5.70. The van der Waals surface area contributed by atoms with Gasteiger partial charge in [0, 0.05) is 24.9 Å². The Morgan fingerprint density at radius 2 is 1.33 bits per heavy atom. The highest BCUT2D eigenvalue weighted by atomic mass is 32.2. The average molecular weight is 341 g/mol. The van der Waals surface area contributed by atoms with Gasteiger partial charge in [0.1, 0.15) is 0 Å². The predicted octanol–water partition coefficient (Wildman–Crippen LogP) is 3.71. The molecule has 0 aliphatic heterocycles. The molecule has 0 fully saturated rings. The van der Waals surface area contributed by atoms with E-state index in [-0.39, 0.29) is 17.1 Å². The van der Waals surface area contributed by atoms with E-state index < -0.39 is 10.0 Å². The van der Waals surface area contributed by atoms with Crippen LogP contribution in [0, 0.1) is 0 Å². The van der Waals surface area contributed by atoms with Gasteiger partial charge < -0.3 is 0 Å².